The van der Waals surface area contributed by atoms with Crippen LogP contribution < -0.4 is 0 Å². The van der Waals surface area contributed by atoms with Gasteiger partial charge in [0.15, 0.2) is 5.78 Å². The van der Waals surface area contributed by atoms with Crippen molar-refractivity contribution >= 4 is 5.78 Å². The molecule has 0 aromatic rings. The second-order valence-electron chi connectivity index (χ2n) is 3.07. The molecule has 1 aliphatic rings. The van der Waals surface area contributed by atoms with Crippen molar-refractivity contribution in [2.24, 2.45) is 0 Å². The number of carbonyl (C=O) groups is 1. The molecule has 0 aliphatic heterocycles. The molecule has 1 atom stereocenters. The molecular weight excluding hydrogens is 198 g/mol. The van der Waals surface area contributed by atoms with Gasteiger partial charge in [-0.25, -0.2) is 0 Å². The van der Waals surface area contributed by atoms with Crippen LogP contribution in [0.3, 0.4) is 0 Å². The van der Waals surface area contributed by atoms with Crippen LogP contribution in [0.1, 0.15) is 6.42 Å². The Bertz CT molecular complexity index is 370. The maximum atomic E-state index is 11.2. The van der Waals surface area contributed by atoms with Crippen molar-refractivity contribution in [1.82, 2.24) is 0 Å². The first-order valence-electron chi connectivity index (χ1n) is 4.31. The van der Waals surface area contributed by atoms with Crippen LogP contribution in [0.25, 0.3) is 0 Å². The van der Waals surface area contributed by atoms with Gasteiger partial charge in [0.1, 0.15) is 0 Å². The van der Waals surface area contributed by atoms with E-state index >= 15 is 0 Å². The van der Waals surface area contributed by atoms with Gasteiger partial charge >= 0.3 is 5.72 Å². The summed E-state index contributed by atoms with van der Waals surface area (Å²) in [5.41, 5.74) is -1.13. The summed E-state index contributed by atoms with van der Waals surface area (Å²) < 4.78 is 4.83. The van der Waals surface area contributed by atoms with E-state index in [0.29, 0.717) is 5.57 Å². The number of hydrogen-bond acceptors (Lipinski definition) is 4. The number of nitro groups is 1. The van der Waals surface area contributed by atoms with Crippen LogP contribution >= 0.6 is 0 Å². The van der Waals surface area contributed by atoms with Gasteiger partial charge in [-0.05, 0) is 12.2 Å². The summed E-state index contributed by atoms with van der Waals surface area (Å²) in [5.74, 6) is -0.251. The molecule has 5 nitrogen and oxygen atoms in total. The minimum absolute atomic E-state index is 0.0436. The minimum atomic E-state index is -1.54. The molecule has 0 fully saturated rings. The average molecular weight is 209 g/mol. The molecule has 0 saturated carbocycles. The number of ketones is 1. The molecule has 0 bridgehead atoms. The van der Waals surface area contributed by atoms with E-state index in [-0.39, 0.29) is 12.2 Å². The molecule has 15 heavy (non-hydrogen) atoms. The quantitative estimate of drug-likeness (QED) is 0.302. The number of methoxy groups -OCH3 is 1. The monoisotopic (exact) mass is 209 g/mol. The first kappa shape index (κ1) is 11.3. The van der Waals surface area contributed by atoms with Crippen molar-refractivity contribution in [3.05, 3.63) is 46.6 Å². The number of nitrogens with zero attached hydrogens (tertiary/aromatic N) is 1. The highest BCUT2D eigenvalue weighted by Gasteiger charge is 2.41. The number of ether oxygens (including phenoxy) is 1. The highest BCUT2D eigenvalue weighted by molar-refractivity contribution is 6.05. The van der Waals surface area contributed by atoms with E-state index in [1.807, 2.05) is 0 Å². The van der Waals surface area contributed by atoms with Gasteiger partial charge in [-0.15, -0.1) is 0 Å². The molecule has 5 heteroatoms. The first-order valence-corrected chi connectivity index (χ1v) is 4.31. The summed E-state index contributed by atoms with van der Waals surface area (Å²) in [6.07, 6.45) is 5.36. The lowest BCUT2D eigenvalue weighted by atomic mass is 9.97. The second-order valence-corrected chi connectivity index (χ2v) is 3.07. The number of allylic oxidation sites excluding steroid dienone is 3. The summed E-state index contributed by atoms with van der Waals surface area (Å²) in [6, 6.07) is 0. The van der Waals surface area contributed by atoms with E-state index in [4.69, 9.17) is 4.74 Å². The predicted octanol–water partition coefficient (Wildman–Crippen LogP) is 1.25. The van der Waals surface area contributed by atoms with Crippen molar-refractivity contribution in [2.45, 2.75) is 12.1 Å². The maximum absolute atomic E-state index is 11.2. The Morgan fingerprint density at radius 2 is 2.47 bits per heavy atom. The molecule has 0 N–H and O–H groups in total. The van der Waals surface area contributed by atoms with Crippen molar-refractivity contribution in [1.29, 1.82) is 0 Å². The van der Waals surface area contributed by atoms with Gasteiger partial charge in [0.25, 0.3) is 0 Å². The number of rotatable bonds is 4. The van der Waals surface area contributed by atoms with E-state index in [0.717, 1.165) is 0 Å². The van der Waals surface area contributed by atoms with Crippen LogP contribution in [0.2, 0.25) is 0 Å². The van der Waals surface area contributed by atoms with Gasteiger partial charge < -0.3 is 4.74 Å². The standard InChI is InChI=1S/C10H11NO4/c1-3-9(12)8-4-6-10(15-2,7-5-8)11(13)14/h3-6H,1,7H2,2H3. The Hall–Kier alpha value is -1.75. The van der Waals surface area contributed by atoms with Crippen LogP contribution in [0.15, 0.2) is 36.5 Å². The molecule has 0 spiro atoms. The molecule has 0 aromatic heterocycles. The lowest BCUT2D eigenvalue weighted by molar-refractivity contribution is -0.610. The molecule has 1 rings (SSSR count). The zero-order valence-electron chi connectivity index (χ0n) is 8.30. The Labute approximate surface area is 86.9 Å². The summed E-state index contributed by atoms with van der Waals surface area (Å²) in [4.78, 5) is 21.4. The fourth-order valence-corrected chi connectivity index (χ4v) is 1.27. The largest absolute Gasteiger partial charge is 0.348 e. The first-order chi connectivity index (χ1) is 7.05. The van der Waals surface area contributed by atoms with Gasteiger partial charge in [-0.2, -0.15) is 0 Å². The third-order valence-electron chi connectivity index (χ3n) is 2.27. The maximum Gasteiger partial charge on any atom is 0.348 e. The zero-order chi connectivity index (χ0) is 11.5. The molecular formula is C10H11NO4. The minimum Gasteiger partial charge on any atom is -0.315 e. The van der Waals surface area contributed by atoms with Crippen molar-refractivity contribution in [3.63, 3.8) is 0 Å². The second kappa shape index (κ2) is 4.18. The van der Waals surface area contributed by atoms with Gasteiger partial charge in [0.05, 0.1) is 11.3 Å². The fourth-order valence-electron chi connectivity index (χ4n) is 1.27. The normalized spacial score (nSPS) is 24.5. The lowest BCUT2D eigenvalue weighted by Crippen LogP contribution is -2.39. The van der Waals surface area contributed by atoms with Gasteiger partial charge in [0, 0.05) is 18.8 Å². The Balaban J connectivity index is 2.91. The highest BCUT2D eigenvalue weighted by Crippen LogP contribution is 2.25. The van der Waals surface area contributed by atoms with Crippen LogP contribution in [0.5, 0.6) is 0 Å². The topological polar surface area (TPSA) is 69.4 Å². The van der Waals surface area contributed by atoms with Gasteiger partial charge in [-0.1, -0.05) is 12.7 Å². The van der Waals surface area contributed by atoms with E-state index in [1.54, 1.807) is 0 Å². The Kier molecular flexibility index (Phi) is 3.16. The summed E-state index contributed by atoms with van der Waals surface area (Å²) in [5, 5.41) is 10.7. The van der Waals surface area contributed by atoms with Crippen LogP contribution in [0.4, 0.5) is 0 Å². The average Bonchev–Trinajstić information content (AvgIpc) is 2.28. The highest BCUT2D eigenvalue weighted by atomic mass is 16.7. The molecule has 80 valence electrons. The van der Waals surface area contributed by atoms with Crippen molar-refractivity contribution in [3.8, 4) is 0 Å². The Morgan fingerprint density at radius 1 is 1.80 bits per heavy atom. The van der Waals surface area contributed by atoms with Crippen LogP contribution in [-0.4, -0.2) is 23.5 Å². The SMILES string of the molecule is C=CC(=O)C1=CCC(OC)([N+](=O)[O-])C=C1. The molecule has 1 unspecified atom stereocenters. The molecule has 0 amide bonds. The van der Waals surface area contributed by atoms with Crippen molar-refractivity contribution in [2.75, 3.05) is 7.11 Å². The van der Waals surface area contributed by atoms with E-state index in [2.05, 4.69) is 6.58 Å². The molecule has 0 radical (unpaired) electrons. The summed E-state index contributed by atoms with van der Waals surface area (Å²) >= 11 is 0. The Morgan fingerprint density at radius 3 is 2.80 bits per heavy atom. The summed E-state index contributed by atoms with van der Waals surface area (Å²) in [6.45, 7) is 3.34. The third kappa shape index (κ3) is 2.02. The third-order valence-corrected chi connectivity index (χ3v) is 2.27. The zero-order valence-corrected chi connectivity index (χ0v) is 8.30. The lowest BCUT2D eigenvalue weighted by Gasteiger charge is -2.21. The molecule has 1 aliphatic carbocycles. The van der Waals surface area contributed by atoms with Crippen LogP contribution in [0, 0.1) is 10.1 Å². The van der Waals surface area contributed by atoms with Crippen molar-refractivity contribution < 1.29 is 14.5 Å². The van der Waals surface area contributed by atoms with Crippen LogP contribution in [-0.2, 0) is 9.53 Å². The van der Waals surface area contributed by atoms with Gasteiger partial charge in [0.2, 0.25) is 0 Å². The number of carbonyl (C=O) groups excluding carboxylic acids is 1. The smallest absolute Gasteiger partial charge is 0.315 e. The summed E-state index contributed by atoms with van der Waals surface area (Å²) in [7, 11) is 1.27. The molecule has 0 saturated heterocycles. The fraction of sp³-hybridized carbons (Fsp3) is 0.300. The number of hydrogen-bond donors (Lipinski definition) is 0. The molecule has 0 aromatic carbocycles. The van der Waals surface area contributed by atoms with E-state index < -0.39 is 10.6 Å². The van der Waals surface area contributed by atoms with E-state index in [1.165, 1.54) is 31.4 Å². The predicted molar refractivity (Wildman–Crippen MR) is 53.8 cm³/mol. The molecule has 0 heterocycles. The van der Waals surface area contributed by atoms with E-state index in [9.17, 15) is 14.9 Å². The van der Waals surface area contributed by atoms with Gasteiger partial charge in [-0.3, -0.25) is 14.9 Å².